The second-order valence-corrected chi connectivity index (χ2v) is 7.04. The molecule has 1 aliphatic heterocycles. The predicted octanol–water partition coefficient (Wildman–Crippen LogP) is 4.02. The number of hydrogen-bond acceptors (Lipinski definition) is 5. The highest BCUT2D eigenvalue weighted by molar-refractivity contribution is 6.35. The van der Waals surface area contributed by atoms with E-state index in [-0.39, 0.29) is 6.04 Å². The summed E-state index contributed by atoms with van der Waals surface area (Å²) >= 11 is 18.5. The van der Waals surface area contributed by atoms with Crippen LogP contribution in [0, 0.1) is 0 Å². The lowest BCUT2D eigenvalue weighted by Crippen LogP contribution is -2.57. The fourth-order valence-corrected chi connectivity index (χ4v) is 3.29. The maximum atomic E-state index is 6.27. The molecule has 0 unspecified atom stereocenters. The second kappa shape index (κ2) is 7.31. The van der Waals surface area contributed by atoms with E-state index in [2.05, 4.69) is 25.5 Å². The van der Waals surface area contributed by atoms with Gasteiger partial charge in [0.2, 0.25) is 5.95 Å². The van der Waals surface area contributed by atoms with Crippen molar-refractivity contribution in [1.82, 2.24) is 15.3 Å². The van der Waals surface area contributed by atoms with Gasteiger partial charge in [-0.05, 0) is 31.7 Å². The summed E-state index contributed by atoms with van der Waals surface area (Å²) in [5, 5.41) is 8.21. The van der Waals surface area contributed by atoms with Crippen molar-refractivity contribution >= 4 is 46.6 Å². The van der Waals surface area contributed by atoms with Crippen LogP contribution >= 0.6 is 34.8 Å². The van der Waals surface area contributed by atoms with E-state index >= 15 is 0 Å². The zero-order chi connectivity index (χ0) is 17.3. The fraction of sp³-hybridized carbons (Fsp3) is 0.375. The average Bonchev–Trinajstić information content (AvgIpc) is 2.49. The Labute approximate surface area is 156 Å². The summed E-state index contributed by atoms with van der Waals surface area (Å²) in [7, 11) is 1.95. The van der Waals surface area contributed by atoms with Gasteiger partial charge in [0, 0.05) is 29.2 Å². The van der Waals surface area contributed by atoms with Crippen LogP contribution in [-0.2, 0) is 0 Å². The summed E-state index contributed by atoms with van der Waals surface area (Å²) in [5.41, 5.74) is 0.927. The first-order valence-electron chi connectivity index (χ1n) is 7.64. The predicted molar refractivity (Wildman–Crippen MR) is 101 cm³/mol. The van der Waals surface area contributed by atoms with Gasteiger partial charge in [-0.15, -0.1) is 0 Å². The smallest absolute Gasteiger partial charge is 0.227 e. The quantitative estimate of drug-likeness (QED) is 0.813. The van der Waals surface area contributed by atoms with Crippen LogP contribution in [0.2, 0.25) is 15.1 Å². The summed E-state index contributed by atoms with van der Waals surface area (Å²) in [6.45, 7) is 3.76. The number of aromatic nitrogens is 2. The molecule has 8 heteroatoms. The lowest BCUT2D eigenvalue weighted by molar-refractivity contribution is 0.443. The Hall–Kier alpha value is -1.27. The standard InChI is InChI=1S/C16H18Cl3N5/c1-9(12-4-3-10(17)5-13(12)18)22-15-14(19)6-21-16(23-15)24-7-11(8-24)20-2/h3-6,9,11,20H,7-8H2,1-2H3,(H,21,22,23)/t9-/m1/s1. The highest BCUT2D eigenvalue weighted by Crippen LogP contribution is 2.31. The lowest BCUT2D eigenvalue weighted by Gasteiger charge is -2.39. The average molecular weight is 387 g/mol. The van der Waals surface area contributed by atoms with E-state index < -0.39 is 0 Å². The van der Waals surface area contributed by atoms with Crippen LogP contribution in [0.15, 0.2) is 24.4 Å². The summed E-state index contributed by atoms with van der Waals surface area (Å²) in [4.78, 5) is 11.0. The number of halogens is 3. The molecule has 2 aromatic rings. The van der Waals surface area contributed by atoms with Gasteiger partial charge >= 0.3 is 0 Å². The molecule has 128 valence electrons. The van der Waals surface area contributed by atoms with Gasteiger partial charge in [-0.1, -0.05) is 40.9 Å². The van der Waals surface area contributed by atoms with Crippen LogP contribution in [0.3, 0.4) is 0 Å². The topological polar surface area (TPSA) is 53.1 Å². The van der Waals surface area contributed by atoms with E-state index in [1.165, 1.54) is 0 Å². The molecule has 1 aromatic carbocycles. The molecule has 2 N–H and O–H groups in total. The minimum Gasteiger partial charge on any atom is -0.362 e. The van der Waals surface area contributed by atoms with Crippen LogP contribution in [0.5, 0.6) is 0 Å². The molecule has 0 aliphatic carbocycles. The van der Waals surface area contributed by atoms with Crippen LogP contribution in [0.25, 0.3) is 0 Å². The van der Waals surface area contributed by atoms with Crippen molar-refractivity contribution in [3.05, 3.63) is 45.0 Å². The molecule has 24 heavy (non-hydrogen) atoms. The Morgan fingerprint density at radius 1 is 1.21 bits per heavy atom. The molecule has 1 aliphatic rings. The third-order valence-electron chi connectivity index (χ3n) is 4.09. The number of likely N-dealkylation sites (N-methyl/N-ethyl adjacent to an activating group) is 1. The summed E-state index contributed by atoms with van der Waals surface area (Å²) in [6.07, 6.45) is 1.62. The Morgan fingerprint density at radius 2 is 1.96 bits per heavy atom. The van der Waals surface area contributed by atoms with Gasteiger partial charge in [-0.25, -0.2) is 4.98 Å². The minimum absolute atomic E-state index is 0.0727. The van der Waals surface area contributed by atoms with Crippen LogP contribution in [0.4, 0.5) is 11.8 Å². The highest BCUT2D eigenvalue weighted by atomic mass is 35.5. The van der Waals surface area contributed by atoms with E-state index in [4.69, 9.17) is 34.8 Å². The molecule has 1 aromatic heterocycles. The van der Waals surface area contributed by atoms with Gasteiger partial charge < -0.3 is 15.5 Å². The molecule has 0 bridgehead atoms. The van der Waals surface area contributed by atoms with Crippen LogP contribution < -0.4 is 15.5 Å². The normalized spacial score (nSPS) is 16.0. The van der Waals surface area contributed by atoms with Crippen LogP contribution in [-0.4, -0.2) is 36.1 Å². The first-order valence-corrected chi connectivity index (χ1v) is 8.77. The monoisotopic (exact) mass is 385 g/mol. The van der Waals surface area contributed by atoms with Gasteiger partial charge in [-0.3, -0.25) is 0 Å². The number of hydrogen-bond donors (Lipinski definition) is 2. The fourth-order valence-electron chi connectivity index (χ4n) is 2.57. The molecule has 0 spiro atoms. The van der Waals surface area contributed by atoms with Crippen molar-refractivity contribution in [3.63, 3.8) is 0 Å². The van der Waals surface area contributed by atoms with E-state index in [0.29, 0.717) is 32.9 Å². The zero-order valence-corrected chi connectivity index (χ0v) is 15.6. The third-order valence-corrected chi connectivity index (χ3v) is 4.93. The van der Waals surface area contributed by atoms with Gasteiger partial charge in [0.15, 0.2) is 5.82 Å². The molecular weight excluding hydrogens is 369 g/mol. The largest absolute Gasteiger partial charge is 0.362 e. The first-order chi connectivity index (χ1) is 11.5. The second-order valence-electron chi connectivity index (χ2n) is 5.79. The van der Waals surface area contributed by atoms with Crippen molar-refractivity contribution in [2.24, 2.45) is 0 Å². The van der Waals surface area contributed by atoms with E-state index in [1.54, 1.807) is 12.3 Å². The maximum absolute atomic E-state index is 6.27. The number of nitrogens with one attached hydrogen (secondary N) is 2. The van der Waals surface area contributed by atoms with E-state index in [9.17, 15) is 0 Å². The molecular formula is C16H18Cl3N5. The number of nitrogens with zero attached hydrogens (tertiary/aromatic N) is 3. The Morgan fingerprint density at radius 3 is 2.62 bits per heavy atom. The summed E-state index contributed by atoms with van der Waals surface area (Å²) < 4.78 is 0. The lowest BCUT2D eigenvalue weighted by atomic mass is 10.1. The van der Waals surface area contributed by atoms with E-state index in [1.807, 2.05) is 26.1 Å². The number of rotatable bonds is 5. The molecule has 1 atom stereocenters. The SMILES string of the molecule is CNC1CN(c2ncc(Cl)c(N[C@H](C)c3ccc(Cl)cc3Cl)n2)C1. The molecule has 5 nitrogen and oxygen atoms in total. The Bertz CT molecular complexity index is 734. The highest BCUT2D eigenvalue weighted by Gasteiger charge is 2.27. The van der Waals surface area contributed by atoms with Gasteiger partial charge in [-0.2, -0.15) is 4.98 Å². The van der Waals surface area contributed by atoms with Crippen molar-refractivity contribution < 1.29 is 0 Å². The summed E-state index contributed by atoms with van der Waals surface area (Å²) in [6, 6.07) is 5.84. The zero-order valence-electron chi connectivity index (χ0n) is 13.4. The molecule has 1 saturated heterocycles. The minimum atomic E-state index is -0.0727. The molecule has 2 heterocycles. The number of anilines is 2. The molecule has 3 rings (SSSR count). The van der Waals surface area contributed by atoms with Crippen molar-refractivity contribution in [1.29, 1.82) is 0 Å². The van der Waals surface area contributed by atoms with Crippen molar-refractivity contribution in [3.8, 4) is 0 Å². The van der Waals surface area contributed by atoms with Crippen molar-refractivity contribution in [2.45, 2.75) is 19.0 Å². The Balaban J connectivity index is 1.76. The van der Waals surface area contributed by atoms with Crippen LogP contribution in [0.1, 0.15) is 18.5 Å². The molecule has 1 fully saturated rings. The molecule has 0 amide bonds. The summed E-state index contributed by atoms with van der Waals surface area (Å²) in [5.74, 6) is 1.26. The van der Waals surface area contributed by atoms with Gasteiger partial charge in [0.05, 0.1) is 12.2 Å². The molecule has 0 radical (unpaired) electrons. The van der Waals surface area contributed by atoms with Gasteiger partial charge in [0.25, 0.3) is 0 Å². The maximum Gasteiger partial charge on any atom is 0.227 e. The first kappa shape index (κ1) is 17.5. The van der Waals surface area contributed by atoms with E-state index in [0.717, 1.165) is 18.7 Å². The Kier molecular flexibility index (Phi) is 5.35. The van der Waals surface area contributed by atoms with Gasteiger partial charge in [0.1, 0.15) is 5.02 Å². The number of benzene rings is 1. The third kappa shape index (κ3) is 3.70. The molecule has 0 saturated carbocycles. The van der Waals surface area contributed by atoms with Crippen molar-refractivity contribution in [2.75, 3.05) is 30.4 Å².